The van der Waals surface area contributed by atoms with Gasteiger partial charge in [0, 0.05) is 6.54 Å². The fourth-order valence-corrected chi connectivity index (χ4v) is 1.53. The second-order valence-corrected chi connectivity index (χ2v) is 3.65. The number of aryl methyl sites for hydroxylation is 1. The van der Waals surface area contributed by atoms with Gasteiger partial charge >= 0.3 is 5.69 Å². The van der Waals surface area contributed by atoms with Crippen LogP contribution in [0, 0.1) is 13.0 Å². The number of hydrogen-bond acceptors (Lipinski definition) is 3. The molecule has 0 spiro atoms. The second kappa shape index (κ2) is 4.37. The van der Waals surface area contributed by atoms with E-state index in [0.717, 1.165) is 16.3 Å². The van der Waals surface area contributed by atoms with Crippen LogP contribution in [0.3, 0.4) is 0 Å². The van der Waals surface area contributed by atoms with Gasteiger partial charge in [-0.2, -0.15) is 9.78 Å². The molecule has 2 rings (SSSR count). The van der Waals surface area contributed by atoms with Crippen molar-refractivity contribution < 1.29 is 0 Å². The van der Waals surface area contributed by atoms with Crippen molar-refractivity contribution in [2.45, 2.75) is 20.4 Å². The lowest BCUT2D eigenvalue weighted by molar-refractivity contribution is 0.601. The van der Waals surface area contributed by atoms with Crippen LogP contribution in [0.4, 0.5) is 0 Å². The first-order valence-corrected chi connectivity index (χ1v) is 5.31. The summed E-state index contributed by atoms with van der Waals surface area (Å²) in [6.07, 6.45) is 1.14. The van der Waals surface area contributed by atoms with Gasteiger partial charge in [0.1, 0.15) is 6.20 Å². The number of hydrogen-bond donors (Lipinski definition) is 0. The summed E-state index contributed by atoms with van der Waals surface area (Å²) < 4.78 is 2.33. The highest BCUT2D eigenvalue weighted by atomic mass is 16.2. The van der Waals surface area contributed by atoms with E-state index in [2.05, 4.69) is 11.2 Å². The van der Waals surface area contributed by atoms with Gasteiger partial charge in [0.25, 0.3) is 5.56 Å². The molecular weight excluding hydrogens is 218 g/mol. The van der Waals surface area contributed by atoms with E-state index in [-0.39, 0.29) is 5.56 Å². The van der Waals surface area contributed by atoms with E-state index in [1.807, 2.05) is 13.0 Å². The predicted octanol–water partition coefficient (Wildman–Crippen LogP) is 0.523. The Bertz CT molecular complexity index is 638. The maximum atomic E-state index is 12.0. The molecule has 5 nitrogen and oxygen atoms in total. The molecule has 1 aromatic heterocycles. The molecule has 1 heterocycles. The molecule has 0 amide bonds. The van der Waals surface area contributed by atoms with Crippen LogP contribution < -0.4 is 11.2 Å². The van der Waals surface area contributed by atoms with Crippen molar-refractivity contribution in [2.75, 3.05) is 0 Å². The van der Waals surface area contributed by atoms with Crippen molar-refractivity contribution in [1.82, 2.24) is 14.3 Å². The van der Waals surface area contributed by atoms with E-state index in [1.54, 1.807) is 19.1 Å². The predicted molar refractivity (Wildman–Crippen MR) is 63.3 cm³/mol. The van der Waals surface area contributed by atoms with E-state index >= 15 is 0 Å². The van der Waals surface area contributed by atoms with Crippen molar-refractivity contribution in [3.63, 3.8) is 0 Å². The van der Waals surface area contributed by atoms with Gasteiger partial charge < -0.3 is 0 Å². The zero-order valence-electron chi connectivity index (χ0n) is 9.67. The molecule has 0 saturated heterocycles. The van der Waals surface area contributed by atoms with Gasteiger partial charge in [-0.05, 0) is 37.6 Å². The Balaban J connectivity index is 2.65. The third kappa shape index (κ3) is 2.04. The summed E-state index contributed by atoms with van der Waals surface area (Å²) in [5.41, 5.74) is 0.760. The van der Waals surface area contributed by atoms with Crippen molar-refractivity contribution >= 4 is 0 Å². The van der Waals surface area contributed by atoms with Gasteiger partial charge in [-0.1, -0.05) is 6.07 Å². The molecule has 0 bridgehead atoms. The van der Waals surface area contributed by atoms with Crippen LogP contribution in [0.5, 0.6) is 0 Å². The molecule has 0 aliphatic carbocycles. The molecule has 5 heteroatoms. The Morgan fingerprint density at radius 3 is 2.71 bits per heavy atom. The molecule has 2 aromatic rings. The Hall–Kier alpha value is -2.17. The largest absolute Gasteiger partial charge is 0.352 e. The SMILES string of the molecule is CCn1c(=O)cnn(-c2c[c]c(C)cc2)c1=O. The molecule has 0 unspecified atom stereocenters. The van der Waals surface area contributed by atoms with Crippen LogP contribution >= 0.6 is 0 Å². The second-order valence-electron chi connectivity index (χ2n) is 3.65. The number of aromatic nitrogens is 3. The van der Waals surface area contributed by atoms with Crippen LogP contribution in [0.1, 0.15) is 12.5 Å². The van der Waals surface area contributed by atoms with E-state index in [9.17, 15) is 9.59 Å². The van der Waals surface area contributed by atoms with Gasteiger partial charge in [-0.25, -0.2) is 4.79 Å². The fraction of sp³-hybridized carbons (Fsp3) is 0.250. The van der Waals surface area contributed by atoms with Crippen molar-refractivity contribution in [3.05, 3.63) is 56.9 Å². The third-order valence-electron chi connectivity index (χ3n) is 2.47. The van der Waals surface area contributed by atoms with Gasteiger partial charge in [-0.3, -0.25) is 9.36 Å². The lowest BCUT2D eigenvalue weighted by atomic mass is 10.2. The summed E-state index contributed by atoms with van der Waals surface area (Å²) in [4.78, 5) is 23.3. The minimum absolute atomic E-state index is 0.329. The molecule has 0 fully saturated rings. The first-order chi connectivity index (χ1) is 8.13. The maximum Gasteiger partial charge on any atom is 0.352 e. The standard InChI is InChI=1S/C12H12N3O2/c1-3-14-11(16)8-13-15(12(14)17)10-6-4-9(2)5-7-10/h4,6-8H,3H2,1-2H3. The topological polar surface area (TPSA) is 56.9 Å². The van der Waals surface area contributed by atoms with Gasteiger partial charge in [0.2, 0.25) is 0 Å². The minimum atomic E-state index is -0.433. The molecule has 0 N–H and O–H groups in total. The molecule has 0 atom stereocenters. The number of benzene rings is 1. The lowest BCUT2D eigenvalue weighted by Gasteiger charge is -2.06. The zero-order valence-corrected chi connectivity index (χ0v) is 9.67. The van der Waals surface area contributed by atoms with Crippen LogP contribution in [-0.4, -0.2) is 14.3 Å². The molecule has 87 valence electrons. The lowest BCUT2D eigenvalue weighted by Crippen LogP contribution is -2.39. The van der Waals surface area contributed by atoms with E-state index in [1.165, 1.54) is 4.68 Å². The van der Waals surface area contributed by atoms with Crippen LogP contribution in [0.25, 0.3) is 5.69 Å². The average Bonchev–Trinajstić information content (AvgIpc) is 2.31. The summed E-state index contributed by atoms with van der Waals surface area (Å²) in [5, 5.41) is 3.84. The number of rotatable bonds is 2. The molecule has 0 aliphatic rings. The molecule has 1 radical (unpaired) electrons. The van der Waals surface area contributed by atoms with Gasteiger partial charge in [-0.15, -0.1) is 0 Å². The smallest absolute Gasteiger partial charge is 0.267 e. The quantitative estimate of drug-likeness (QED) is 0.755. The first-order valence-electron chi connectivity index (χ1n) is 5.31. The Morgan fingerprint density at radius 2 is 2.12 bits per heavy atom. The summed E-state index contributed by atoms with van der Waals surface area (Å²) in [5.74, 6) is 0. The van der Waals surface area contributed by atoms with Crippen molar-refractivity contribution in [2.24, 2.45) is 0 Å². The molecule has 17 heavy (non-hydrogen) atoms. The highest BCUT2D eigenvalue weighted by Crippen LogP contribution is 2.03. The fourth-order valence-electron chi connectivity index (χ4n) is 1.53. The van der Waals surface area contributed by atoms with Crippen molar-refractivity contribution in [1.29, 1.82) is 0 Å². The summed E-state index contributed by atoms with van der Waals surface area (Å²) >= 11 is 0. The molecular formula is C12H12N3O2. The Morgan fingerprint density at radius 1 is 1.35 bits per heavy atom. The Labute approximate surface area is 98.0 Å². The summed E-state index contributed by atoms with van der Waals surface area (Å²) in [6, 6.07) is 8.27. The maximum absolute atomic E-state index is 12.0. The highest BCUT2D eigenvalue weighted by molar-refractivity contribution is 5.31. The van der Waals surface area contributed by atoms with E-state index < -0.39 is 5.69 Å². The summed E-state index contributed by atoms with van der Waals surface area (Å²) in [6.45, 7) is 3.98. The number of nitrogens with zero attached hydrogens (tertiary/aromatic N) is 3. The van der Waals surface area contributed by atoms with Crippen LogP contribution in [0.15, 0.2) is 34.0 Å². The van der Waals surface area contributed by atoms with E-state index in [4.69, 9.17) is 0 Å². The van der Waals surface area contributed by atoms with Crippen LogP contribution in [0.2, 0.25) is 0 Å². The monoisotopic (exact) mass is 230 g/mol. The van der Waals surface area contributed by atoms with Gasteiger partial charge in [0.15, 0.2) is 0 Å². The minimum Gasteiger partial charge on any atom is -0.267 e. The van der Waals surface area contributed by atoms with Gasteiger partial charge in [0.05, 0.1) is 5.69 Å². The van der Waals surface area contributed by atoms with E-state index in [0.29, 0.717) is 12.2 Å². The molecule has 1 aromatic carbocycles. The normalized spacial score (nSPS) is 10.5. The summed E-state index contributed by atoms with van der Waals surface area (Å²) in [7, 11) is 0. The average molecular weight is 230 g/mol. The van der Waals surface area contributed by atoms with Crippen molar-refractivity contribution in [3.8, 4) is 5.69 Å². The zero-order chi connectivity index (χ0) is 12.4. The first kappa shape index (κ1) is 11.3. The van der Waals surface area contributed by atoms with Crippen LogP contribution in [-0.2, 0) is 6.54 Å². The third-order valence-corrected chi connectivity index (χ3v) is 2.47. The Kier molecular flexibility index (Phi) is 2.91. The molecule has 0 aliphatic heterocycles. The molecule has 0 saturated carbocycles. The highest BCUT2D eigenvalue weighted by Gasteiger charge is 2.06.